The number of rotatable bonds is 2. The number of benzene rings is 1. The fourth-order valence-corrected chi connectivity index (χ4v) is 1.96. The summed E-state index contributed by atoms with van der Waals surface area (Å²) in [5, 5.41) is 13.0. The molecule has 1 aromatic rings. The molecular weight excluding hydrogens is 200 g/mol. The average molecular weight is 213 g/mol. The van der Waals surface area contributed by atoms with Gasteiger partial charge in [-0.1, -0.05) is 0 Å². The normalized spacial score (nSPS) is 23.0. The molecule has 2 N–H and O–H groups in total. The molecule has 0 spiro atoms. The lowest BCUT2D eigenvalue weighted by Gasteiger charge is -2.18. The molecule has 1 aliphatic rings. The summed E-state index contributed by atoms with van der Waals surface area (Å²) < 4.78 is 25.8. The van der Waals surface area contributed by atoms with Gasteiger partial charge in [0, 0.05) is 12.1 Å². The molecule has 1 heterocycles. The zero-order chi connectivity index (χ0) is 10.8. The van der Waals surface area contributed by atoms with Gasteiger partial charge in [-0.25, -0.2) is 8.78 Å². The molecule has 1 saturated heterocycles. The fraction of sp³-hybridized carbons (Fsp3) is 0.455. The SMILES string of the molecule is OC(c1cc(F)cc(F)c1)[C@@H]1CCCN1. The third-order valence-corrected chi connectivity index (χ3v) is 2.71. The summed E-state index contributed by atoms with van der Waals surface area (Å²) in [7, 11) is 0. The molecule has 0 aromatic heterocycles. The molecule has 2 nitrogen and oxygen atoms in total. The minimum absolute atomic E-state index is 0.0915. The molecule has 2 atom stereocenters. The van der Waals surface area contributed by atoms with Gasteiger partial charge in [0.15, 0.2) is 0 Å². The van der Waals surface area contributed by atoms with Crippen molar-refractivity contribution in [2.24, 2.45) is 0 Å². The molecule has 15 heavy (non-hydrogen) atoms. The first-order chi connectivity index (χ1) is 7.16. The van der Waals surface area contributed by atoms with Crippen LogP contribution in [0.15, 0.2) is 18.2 Å². The molecule has 0 aliphatic carbocycles. The third-order valence-electron chi connectivity index (χ3n) is 2.71. The van der Waals surface area contributed by atoms with Gasteiger partial charge >= 0.3 is 0 Å². The Kier molecular flexibility index (Phi) is 2.98. The van der Waals surface area contributed by atoms with E-state index in [0.717, 1.165) is 25.5 Å². The van der Waals surface area contributed by atoms with E-state index in [9.17, 15) is 13.9 Å². The Morgan fingerprint density at radius 1 is 1.27 bits per heavy atom. The van der Waals surface area contributed by atoms with Crippen molar-refractivity contribution in [1.82, 2.24) is 5.32 Å². The van der Waals surface area contributed by atoms with Crippen LogP contribution in [0.5, 0.6) is 0 Å². The van der Waals surface area contributed by atoms with Crippen molar-refractivity contribution in [3.8, 4) is 0 Å². The van der Waals surface area contributed by atoms with E-state index in [1.54, 1.807) is 0 Å². The Bertz CT molecular complexity index is 330. The predicted octanol–water partition coefficient (Wildman–Crippen LogP) is 1.75. The lowest BCUT2D eigenvalue weighted by molar-refractivity contribution is 0.136. The minimum Gasteiger partial charge on any atom is -0.387 e. The van der Waals surface area contributed by atoms with Crippen LogP contribution in [-0.2, 0) is 0 Å². The molecule has 1 aliphatic heterocycles. The maximum absolute atomic E-state index is 12.9. The van der Waals surface area contributed by atoms with Crippen molar-refractivity contribution < 1.29 is 13.9 Å². The summed E-state index contributed by atoms with van der Waals surface area (Å²) in [6.45, 7) is 0.847. The van der Waals surface area contributed by atoms with Crippen LogP contribution < -0.4 is 5.32 Å². The van der Waals surface area contributed by atoms with Crippen LogP contribution in [-0.4, -0.2) is 17.7 Å². The largest absolute Gasteiger partial charge is 0.387 e. The maximum Gasteiger partial charge on any atom is 0.126 e. The van der Waals surface area contributed by atoms with Crippen molar-refractivity contribution in [3.63, 3.8) is 0 Å². The summed E-state index contributed by atoms with van der Waals surface area (Å²) in [5.41, 5.74) is 0.298. The van der Waals surface area contributed by atoms with Gasteiger partial charge in [-0.05, 0) is 37.1 Å². The van der Waals surface area contributed by atoms with Gasteiger partial charge in [0.2, 0.25) is 0 Å². The van der Waals surface area contributed by atoms with Crippen LogP contribution in [0.4, 0.5) is 8.78 Å². The summed E-state index contributed by atoms with van der Waals surface area (Å²) in [6.07, 6.45) is 0.983. The van der Waals surface area contributed by atoms with Crippen molar-refractivity contribution in [3.05, 3.63) is 35.4 Å². The van der Waals surface area contributed by atoms with E-state index in [2.05, 4.69) is 5.32 Å². The highest BCUT2D eigenvalue weighted by atomic mass is 19.1. The molecule has 0 radical (unpaired) electrons. The molecule has 1 fully saturated rings. The standard InChI is InChI=1S/C11H13F2NO/c12-8-4-7(5-9(13)6-8)11(15)10-2-1-3-14-10/h4-6,10-11,14-15H,1-3H2/t10-,11?/m0/s1. The second-order valence-electron chi connectivity index (χ2n) is 3.85. The molecule has 0 bridgehead atoms. The van der Waals surface area contributed by atoms with E-state index in [1.807, 2.05) is 0 Å². The van der Waals surface area contributed by atoms with Crippen LogP contribution >= 0.6 is 0 Å². The molecule has 0 saturated carbocycles. The van der Waals surface area contributed by atoms with Gasteiger partial charge in [-0.3, -0.25) is 0 Å². The van der Waals surface area contributed by atoms with Gasteiger partial charge in [0.25, 0.3) is 0 Å². The monoisotopic (exact) mass is 213 g/mol. The van der Waals surface area contributed by atoms with Crippen LogP contribution in [0.3, 0.4) is 0 Å². The van der Waals surface area contributed by atoms with E-state index in [0.29, 0.717) is 5.56 Å². The van der Waals surface area contributed by atoms with Gasteiger partial charge in [0.05, 0.1) is 6.10 Å². The number of aliphatic hydroxyl groups is 1. The predicted molar refractivity (Wildman–Crippen MR) is 52.3 cm³/mol. The Morgan fingerprint density at radius 3 is 2.47 bits per heavy atom. The molecule has 0 amide bonds. The summed E-state index contributed by atoms with van der Waals surface area (Å²) in [5.74, 6) is -1.30. The molecule has 1 unspecified atom stereocenters. The van der Waals surface area contributed by atoms with Crippen molar-refractivity contribution in [2.45, 2.75) is 25.0 Å². The number of aliphatic hydroxyl groups excluding tert-OH is 1. The zero-order valence-corrected chi connectivity index (χ0v) is 8.21. The number of halogens is 2. The first-order valence-electron chi connectivity index (χ1n) is 5.04. The summed E-state index contributed by atoms with van der Waals surface area (Å²) in [4.78, 5) is 0. The van der Waals surface area contributed by atoms with Crippen molar-refractivity contribution in [1.29, 1.82) is 0 Å². The maximum atomic E-state index is 12.9. The highest BCUT2D eigenvalue weighted by Crippen LogP contribution is 2.24. The molecule has 1 aromatic carbocycles. The number of hydrogen-bond donors (Lipinski definition) is 2. The second-order valence-corrected chi connectivity index (χ2v) is 3.85. The first kappa shape index (κ1) is 10.5. The van der Waals surface area contributed by atoms with Gasteiger partial charge < -0.3 is 10.4 Å². The number of nitrogens with one attached hydrogen (secondary N) is 1. The lowest BCUT2D eigenvalue weighted by Crippen LogP contribution is -2.28. The molecule has 2 rings (SSSR count). The minimum atomic E-state index is -0.835. The average Bonchev–Trinajstić information content (AvgIpc) is 2.67. The highest BCUT2D eigenvalue weighted by molar-refractivity contribution is 5.21. The van der Waals surface area contributed by atoms with E-state index >= 15 is 0 Å². The van der Waals surface area contributed by atoms with Crippen LogP contribution in [0.1, 0.15) is 24.5 Å². The van der Waals surface area contributed by atoms with Crippen LogP contribution in [0, 0.1) is 11.6 Å². The zero-order valence-electron chi connectivity index (χ0n) is 8.21. The van der Waals surface area contributed by atoms with Crippen molar-refractivity contribution >= 4 is 0 Å². The van der Waals surface area contributed by atoms with E-state index in [1.165, 1.54) is 12.1 Å². The van der Waals surface area contributed by atoms with Gasteiger partial charge in [0.1, 0.15) is 11.6 Å². The Balaban J connectivity index is 2.20. The first-order valence-corrected chi connectivity index (χ1v) is 5.04. The molecule has 4 heteroatoms. The molecule has 82 valence electrons. The van der Waals surface area contributed by atoms with Gasteiger partial charge in [-0.2, -0.15) is 0 Å². The summed E-state index contributed by atoms with van der Waals surface area (Å²) in [6, 6.07) is 3.06. The fourth-order valence-electron chi connectivity index (χ4n) is 1.96. The van der Waals surface area contributed by atoms with E-state index in [-0.39, 0.29) is 6.04 Å². The van der Waals surface area contributed by atoms with E-state index in [4.69, 9.17) is 0 Å². The molecular formula is C11H13F2NO. The van der Waals surface area contributed by atoms with Gasteiger partial charge in [-0.15, -0.1) is 0 Å². The smallest absolute Gasteiger partial charge is 0.126 e. The lowest BCUT2D eigenvalue weighted by atomic mass is 10.0. The van der Waals surface area contributed by atoms with E-state index < -0.39 is 17.7 Å². The highest BCUT2D eigenvalue weighted by Gasteiger charge is 2.24. The number of hydrogen-bond acceptors (Lipinski definition) is 2. The Morgan fingerprint density at radius 2 is 1.93 bits per heavy atom. The Labute approximate surface area is 86.9 Å². The summed E-state index contributed by atoms with van der Waals surface area (Å²) >= 11 is 0. The Hall–Kier alpha value is -1.00. The quantitative estimate of drug-likeness (QED) is 0.784. The van der Waals surface area contributed by atoms with Crippen LogP contribution in [0.2, 0.25) is 0 Å². The van der Waals surface area contributed by atoms with Crippen LogP contribution in [0.25, 0.3) is 0 Å². The van der Waals surface area contributed by atoms with Crippen molar-refractivity contribution in [2.75, 3.05) is 6.54 Å². The third kappa shape index (κ3) is 2.33. The second kappa shape index (κ2) is 4.24. The topological polar surface area (TPSA) is 32.3 Å².